The largest absolute Gasteiger partial charge is 0.233 e. The Labute approximate surface area is 179 Å². The number of nitrogens with zero attached hydrogens (tertiary/aromatic N) is 5. The smallest absolute Gasteiger partial charge is 0.189 e. The molecule has 0 atom stereocenters. The lowest BCUT2D eigenvalue weighted by Gasteiger charge is -2.08. The Bertz CT molecular complexity index is 1060. The van der Waals surface area contributed by atoms with E-state index < -0.39 is 0 Å². The minimum Gasteiger partial charge on any atom is -0.233 e. The Balaban J connectivity index is 1.58. The van der Waals surface area contributed by atoms with Crippen LogP contribution < -0.4 is 0 Å². The first kappa shape index (κ1) is 19.7. The third-order valence-corrected chi connectivity index (χ3v) is 6.09. The van der Waals surface area contributed by atoms with Crippen molar-refractivity contribution < 1.29 is 0 Å². The molecule has 29 heavy (non-hydrogen) atoms. The average molecular weight is 420 g/mol. The van der Waals surface area contributed by atoms with Gasteiger partial charge in [0.1, 0.15) is 10.7 Å². The second-order valence-corrected chi connectivity index (χ2v) is 8.47. The first-order valence-corrected chi connectivity index (χ1v) is 11.3. The van der Waals surface area contributed by atoms with Gasteiger partial charge in [-0.3, -0.25) is 0 Å². The van der Waals surface area contributed by atoms with Gasteiger partial charge in [-0.1, -0.05) is 89.4 Å². The van der Waals surface area contributed by atoms with Crippen LogP contribution in [-0.2, 0) is 11.6 Å². The van der Waals surface area contributed by atoms with Crippen LogP contribution in [0, 0.1) is 13.8 Å². The van der Waals surface area contributed by atoms with Crippen molar-refractivity contribution in [3.05, 3.63) is 83.7 Å². The van der Waals surface area contributed by atoms with E-state index in [0.717, 1.165) is 38.6 Å². The lowest BCUT2D eigenvalue weighted by atomic mass is 10.2. The van der Waals surface area contributed by atoms with Gasteiger partial charge in [0.05, 0.1) is 5.88 Å². The van der Waals surface area contributed by atoms with Crippen LogP contribution in [0.1, 0.15) is 17.0 Å². The summed E-state index contributed by atoms with van der Waals surface area (Å²) in [7, 11) is 0. The van der Waals surface area contributed by atoms with Crippen LogP contribution >= 0.6 is 23.5 Å². The molecule has 2 aromatic heterocycles. The van der Waals surface area contributed by atoms with Crippen molar-refractivity contribution in [2.24, 2.45) is 0 Å². The van der Waals surface area contributed by atoms with Gasteiger partial charge in [0, 0.05) is 22.7 Å². The van der Waals surface area contributed by atoms with Crippen molar-refractivity contribution >= 4 is 23.5 Å². The van der Waals surface area contributed by atoms with Crippen molar-refractivity contribution in [3.63, 3.8) is 0 Å². The van der Waals surface area contributed by atoms with Gasteiger partial charge in [-0.05, 0) is 25.5 Å². The number of hydrogen-bond acceptors (Lipinski definition) is 6. The molecule has 0 fully saturated rings. The number of aromatic nitrogens is 5. The van der Waals surface area contributed by atoms with Crippen LogP contribution in [0.25, 0.3) is 11.3 Å². The molecular formula is C22H21N5S2. The molecule has 0 N–H and O–H groups in total. The molecule has 0 unspecified atom stereocenters. The molecule has 0 amide bonds. The van der Waals surface area contributed by atoms with E-state index in [-0.39, 0.29) is 0 Å². The summed E-state index contributed by atoms with van der Waals surface area (Å²) < 4.78 is 1.94. The molecule has 0 spiro atoms. The van der Waals surface area contributed by atoms with Gasteiger partial charge >= 0.3 is 0 Å². The summed E-state index contributed by atoms with van der Waals surface area (Å²) in [5.74, 6) is 1.46. The highest BCUT2D eigenvalue weighted by atomic mass is 32.2. The third kappa shape index (κ3) is 5.05. The van der Waals surface area contributed by atoms with E-state index in [4.69, 9.17) is 0 Å². The van der Waals surface area contributed by atoms with E-state index >= 15 is 0 Å². The highest BCUT2D eigenvalue weighted by molar-refractivity contribution is 7.98. The van der Waals surface area contributed by atoms with E-state index in [1.807, 2.05) is 48.9 Å². The summed E-state index contributed by atoms with van der Waals surface area (Å²) in [6, 6.07) is 22.7. The monoisotopic (exact) mass is 419 g/mol. The standard InChI is InChI=1S/C22H21N5S2/c1-16-13-17(2)24-22(23-16)29-15-27-20(19-11-7-4-8-12-19)21(25-26-27)28-14-18-9-5-3-6-10-18/h3-13H,14-15H2,1-2H3. The second kappa shape index (κ2) is 9.24. The fourth-order valence-corrected chi connectivity index (χ4v) is 4.74. The highest BCUT2D eigenvalue weighted by Gasteiger charge is 2.16. The van der Waals surface area contributed by atoms with Gasteiger partial charge in [-0.15, -0.1) is 5.10 Å². The molecule has 0 aliphatic rings. The normalized spacial score (nSPS) is 11.0. The zero-order valence-corrected chi connectivity index (χ0v) is 18.0. The lowest BCUT2D eigenvalue weighted by molar-refractivity contribution is 0.702. The van der Waals surface area contributed by atoms with Crippen molar-refractivity contribution in [2.45, 2.75) is 35.7 Å². The number of rotatable bonds is 7. The maximum Gasteiger partial charge on any atom is 0.189 e. The minimum absolute atomic E-state index is 0.603. The Morgan fingerprint density at radius 3 is 2.17 bits per heavy atom. The van der Waals surface area contributed by atoms with Crippen LogP contribution in [0.3, 0.4) is 0 Å². The molecule has 4 rings (SSSR count). The van der Waals surface area contributed by atoms with E-state index in [1.54, 1.807) is 23.5 Å². The molecule has 5 nitrogen and oxygen atoms in total. The van der Waals surface area contributed by atoms with E-state index in [0.29, 0.717) is 5.88 Å². The van der Waals surface area contributed by atoms with Crippen molar-refractivity contribution in [1.82, 2.24) is 25.0 Å². The summed E-state index contributed by atoms with van der Waals surface area (Å²) in [4.78, 5) is 9.04. The molecule has 0 saturated carbocycles. The summed E-state index contributed by atoms with van der Waals surface area (Å²) in [5, 5.41) is 10.6. The SMILES string of the molecule is Cc1cc(C)nc(SCn2nnc(SCc3ccccc3)c2-c2ccccc2)n1. The Hall–Kier alpha value is -2.64. The van der Waals surface area contributed by atoms with E-state index in [2.05, 4.69) is 56.7 Å². The zero-order chi connectivity index (χ0) is 20.1. The fraction of sp³-hybridized carbons (Fsp3) is 0.182. The van der Waals surface area contributed by atoms with Crippen LogP contribution in [0.2, 0.25) is 0 Å². The summed E-state index contributed by atoms with van der Waals surface area (Å²) in [5.41, 5.74) is 5.35. The van der Waals surface area contributed by atoms with E-state index in [1.165, 1.54) is 5.56 Å². The summed E-state index contributed by atoms with van der Waals surface area (Å²) in [6.07, 6.45) is 0. The molecule has 0 bridgehead atoms. The molecule has 0 radical (unpaired) electrons. The predicted octanol–water partition coefficient (Wildman–Crippen LogP) is 5.39. The summed E-state index contributed by atoms with van der Waals surface area (Å²) in [6.45, 7) is 3.98. The van der Waals surface area contributed by atoms with Crippen molar-refractivity contribution in [1.29, 1.82) is 0 Å². The van der Waals surface area contributed by atoms with Crippen LogP contribution in [-0.4, -0.2) is 25.0 Å². The van der Waals surface area contributed by atoms with Crippen LogP contribution in [0.15, 0.2) is 76.9 Å². The van der Waals surface area contributed by atoms with Gasteiger partial charge in [0.25, 0.3) is 0 Å². The van der Waals surface area contributed by atoms with Crippen LogP contribution in [0.4, 0.5) is 0 Å². The molecule has 2 aromatic carbocycles. The van der Waals surface area contributed by atoms with Gasteiger partial charge in [-0.25, -0.2) is 14.6 Å². The molecule has 0 saturated heterocycles. The minimum atomic E-state index is 0.603. The topological polar surface area (TPSA) is 56.5 Å². The molecule has 146 valence electrons. The second-order valence-electron chi connectivity index (χ2n) is 6.59. The Morgan fingerprint density at radius 1 is 0.828 bits per heavy atom. The van der Waals surface area contributed by atoms with Gasteiger partial charge in [-0.2, -0.15) is 0 Å². The van der Waals surface area contributed by atoms with Gasteiger partial charge in [0.15, 0.2) is 5.16 Å². The van der Waals surface area contributed by atoms with Crippen LogP contribution in [0.5, 0.6) is 0 Å². The first-order chi connectivity index (χ1) is 14.2. The number of thioether (sulfide) groups is 2. The molecule has 4 aromatic rings. The maximum absolute atomic E-state index is 4.52. The number of benzene rings is 2. The molecule has 7 heteroatoms. The highest BCUT2D eigenvalue weighted by Crippen LogP contribution is 2.32. The fourth-order valence-electron chi connectivity index (χ4n) is 2.96. The quantitative estimate of drug-likeness (QED) is 0.295. The third-order valence-electron chi connectivity index (χ3n) is 4.25. The molecule has 0 aliphatic heterocycles. The zero-order valence-electron chi connectivity index (χ0n) is 16.3. The Morgan fingerprint density at radius 2 is 1.48 bits per heavy atom. The predicted molar refractivity (Wildman–Crippen MR) is 119 cm³/mol. The van der Waals surface area contributed by atoms with Gasteiger partial charge < -0.3 is 0 Å². The van der Waals surface area contributed by atoms with Gasteiger partial charge in [0.2, 0.25) is 0 Å². The number of aryl methyl sites for hydroxylation is 2. The molecule has 0 aliphatic carbocycles. The molecule has 2 heterocycles. The first-order valence-electron chi connectivity index (χ1n) is 9.30. The average Bonchev–Trinajstić information content (AvgIpc) is 3.14. The number of hydrogen-bond donors (Lipinski definition) is 0. The Kier molecular flexibility index (Phi) is 6.27. The summed E-state index contributed by atoms with van der Waals surface area (Å²) >= 11 is 3.27. The van der Waals surface area contributed by atoms with Crippen molar-refractivity contribution in [2.75, 3.05) is 0 Å². The van der Waals surface area contributed by atoms with Crippen molar-refractivity contribution in [3.8, 4) is 11.3 Å². The lowest BCUT2D eigenvalue weighted by Crippen LogP contribution is -2.02. The molecular weight excluding hydrogens is 398 g/mol. The maximum atomic E-state index is 4.52. The van der Waals surface area contributed by atoms with E-state index in [9.17, 15) is 0 Å².